The topological polar surface area (TPSA) is 128 Å². The van der Waals surface area contributed by atoms with Crippen LogP contribution in [0.3, 0.4) is 0 Å². The molecule has 4 heterocycles. The van der Waals surface area contributed by atoms with E-state index in [4.69, 9.17) is 5.73 Å². The number of aryl methyl sites for hydroxylation is 2. The number of nitrogens with zero attached hydrogens (tertiary/aromatic N) is 8. The third-order valence-corrected chi connectivity index (χ3v) is 6.32. The number of hydrogen-bond donors (Lipinski definition) is 1. The summed E-state index contributed by atoms with van der Waals surface area (Å²) in [5, 5.41) is 7.62. The van der Waals surface area contributed by atoms with Gasteiger partial charge in [0.05, 0.1) is 40.4 Å². The number of benzene rings is 1. The van der Waals surface area contributed by atoms with Crippen LogP contribution in [0.25, 0.3) is 21.8 Å². The molecular weight excluding hydrogens is 515 g/mol. The number of halogens is 3. The normalized spacial score (nSPS) is 11.7. The van der Waals surface area contributed by atoms with Crippen molar-refractivity contribution < 1.29 is 22.8 Å². The number of carbonyl (C=O) groups is 2. The number of nitrogen functional groups attached to an aromatic ring is 1. The smallest absolute Gasteiger partial charge is 0.383 e. The first kappa shape index (κ1) is 25.6. The number of pyridine rings is 2. The van der Waals surface area contributed by atoms with Gasteiger partial charge in [-0.05, 0) is 30.3 Å². The van der Waals surface area contributed by atoms with Crippen molar-refractivity contribution in [3.8, 4) is 0 Å². The summed E-state index contributed by atoms with van der Waals surface area (Å²) in [7, 11) is 4.73. The van der Waals surface area contributed by atoms with Gasteiger partial charge in [0.2, 0.25) is 5.82 Å². The van der Waals surface area contributed by atoms with Crippen LogP contribution in [0, 0.1) is 0 Å². The molecule has 200 valence electrons. The van der Waals surface area contributed by atoms with Crippen LogP contribution in [0.4, 0.5) is 19.0 Å². The fourth-order valence-electron chi connectivity index (χ4n) is 4.22. The first-order chi connectivity index (χ1) is 18.5. The Morgan fingerprint density at radius 3 is 2.44 bits per heavy atom. The first-order valence-corrected chi connectivity index (χ1v) is 11.6. The molecule has 0 spiro atoms. The standard InChI is InChI=1S/C25H22F3N9O2/c1-34-9-8-30-22(34)24(39)36(3)37(13-16-6-5-15(11-31-16)25(26,27)28)23(38)14-4-7-19-17(10-14)20-18(21(29)33-19)12-32-35(20)2/h4-12H,13H2,1-3H3,(H2,29,33). The van der Waals surface area contributed by atoms with Crippen LogP contribution in [0.15, 0.2) is 55.1 Å². The van der Waals surface area contributed by atoms with E-state index >= 15 is 0 Å². The van der Waals surface area contributed by atoms with Crippen LogP contribution >= 0.6 is 0 Å². The highest BCUT2D eigenvalue weighted by Gasteiger charge is 2.32. The number of amides is 2. The second kappa shape index (κ2) is 9.38. The minimum atomic E-state index is -4.56. The van der Waals surface area contributed by atoms with Crippen molar-refractivity contribution in [3.05, 3.63) is 77.8 Å². The quantitative estimate of drug-likeness (QED) is 0.349. The van der Waals surface area contributed by atoms with Crippen molar-refractivity contribution in [2.45, 2.75) is 12.7 Å². The van der Waals surface area contributed by atoms with E-state index in [0.717, 1.165) is 22.2 Å². The molecule has 0 aliphatic rings. The number of hydrogen-bond acceptors (Lipinski definition) is 7. The van der Waals surface area contributed by atoms with E-state index in [1.54, 1.807) is 43.3 Å². The van der Waals surface area contributed by atoms with E-state index in [9.17, 15) is 22.8 Å². The lowest BCUT2D eigenvalue weighted by Gasteiger charge is -2.31. The minimum Gasteiger partial charge on any atom is -0.383 e. The molecule has 0 fully saturated rings. The molecule has 5 aromatic rings. The summed E-state index contributed by atoms with van der Waals surface area (Å²) < 4.78 is 42.2. The van der Waals surface area contributed by atoms with Gasteiger partial charge < -0.3 is 10.3 Å². The molecule has 0 radical (unpaired) electrons. The second-order valence-electron chi connectivity index (χ2n) is 8.85. The zero-order chi connectivity index (χ0) is 28.1. The summed E-state index contributed by atoms with van der Waals surface area (Å²) in [4.78, 5) is 39.4. The maximum absolute atomic E-state index is 13.9. The highest BCUT2D eigenvalue weighted by atomic mass is 19.4. The monoisotopic (exact) mass is 537 g/mol. The lowest BCUT2D eigenvalue weighted by molar-refractivity contribution is -0.137. The number of aromatic nitrogens is 6. The van der Waals surface area contributed by atoms with E-state index in [0.29, 0.717) is 33.8 Å². The molecule has 0 unspecified atom stereocenters. The van der Waals surface area contributed by atoms with Crippen LogP contribution < -0.4 is 5.73 Å². The fraction of sp³-hybridized carbons (Fsp3) is 0.200. The summed E-state index contributed by atoms with van der Waals surface area (Å²) in [5.41, 5.74) is 6.68. The minimum absolute atomic E-state index is 0.0606. The van der Waals surface area contributed by atoms with Crippen molar-refractivity contribution in [1.82, 2.24) is 39.3 Å². The Bertz CT molecular complexity index is 1730. The summed E-state index contributed by atoms with van der Waals surface area (Å²) in [6, 6.07) is 6.80. The Morgan fingerprint density at radius 2 is 1.79 bits per heavy atom. The van der Waals surface area contributed by atoms with E-state index in [-0.39, 0.29) is 23.6 Å². The van der Waals surface area contributed by atoms with Crippen molar-refractivity contribution in [3.63, 3.8) is 0 Å². The Balaban J connectivity index is 1.57. The van der Waals surface area contributed by atoms with Gasteiger partial charge in [0.25, 0.3) is 5.91 Å². The Kier molecular flexibility index (Phi) is 6.17. The molecule has 0 saturated heterocycles. The molecule has 39 heavy (non-hydrogen) atoms. The number of anilines is 1. The molecule has 0 aliphatic heterocycles. The second-order valence-corrected chi connectivity index (χ2v) is 8.85. The number of alkyl halides is 3. The Labute approximate surface area is 219 Å². The fourth-order valence-corrected chi connectivity index (χ4v) is 4.22. The third kappa shape index (κ3) is 4.60. The number of carbonyl (C=O) groups excluding carboxylic acids is 2. The van der Waals surface area contributed by atoms with E-state index < -0.39 is 23.6 Å². The molecule has 4 aromatic heterocycles. The van der Waals surface area contributed by atoms with Crippen molar-refractivity contribution in [2.75, 3.05) is 12.8 Å². The maximum Gasteiger partial charge on any atom is 0.417 e. The first-order valence-electron chi connectivity index (χ1n) is 11.6. The van der Waals surface area contributed by atoms with Gasteiger partial charge in [-0.2, -0.15) is 18.3 Å². The van der Waals surface area contributed by atoms with Crippen LogP contribution in [-0.4, -0.2) is 58.2 Å². The van der Waals surface area contributed by atoms with Crippen molar-refractivity contribution in [1.29, 1.82) is 0 Å². The zero-order valence-electron chi connectivity index (χ0n) is 21.0. The van der Waals surface area contributed by atoms with Crippen LogP contribution in [0.5, 0.6) is 0 Å². The summed E-state index contributed by atoms with van der Waals surface area (Å²) in [6.07, 6.45) is 0.709. The number of rotatable bonds is 4. The molecule has 1 aromatic carbocycles. The lowest BCUT2D eigenvalue weighted by Crippen LogP contribution is -2.47. The van der Waals surface area contributed by atoms with Gasteiger partial charge in [0.15, 0.2) is 0 Å². The lowest BCUT2D eigenvalue weighted by atomic mass is 10.1. The van der Waals surface area contributed by atoms with Gasteiger partial charge in [0.1, 0.15) is 5.82 Å². The van der Waals surface area contributed by atoms with Gasteiger partial charge >= 0.3 is 12.1 Å². The molecule has 0 atom stereocenters. The largest absolute Gasteiger partial charge is 0.417 e. The molecule has 0 bridgehead atoms. The maximum atomic E-state index is 13.9. The van der Waals surface area contributed by atoms with E-state index in [2.05, 4.69) is 20.1 Å². The third-order valence-electron chi connectivity index (χ3n) is 6.32. The summed E-state index contributed by atoms with van der Waals surface area (Å²) in [6.45, 7) is -0.289. The van der Waals surface area contributed by atoms with Gasteiger partial charge in [-0.15, -0.1) is 0 Å². The van der Waals surface area contributed by atoms with Gasteiger partial charge in [0, 0.05) is 50.7 Å². The SMILES string of the molecule is CN(C(=O)c1nccn1C)N(Cc1ccc(C(F)(F)F)cn1)C(=O)c1ccc2nc(N)c3cnn(C)c3c2c1. The van der Waals surface area contributed by atoms with E-state index in [1.165, 1.54) is 23.9 Å². The average Bonchev–Trinajstić information content (AvgIpc) is 3.51. The zero-order valence-corrected chi connectivity index (χ0v) is 21.0. The molecule has 2 N–H and O–H groups in total. The Hall–Kier alpha value is -5.01. The molecular formula is C25H22F3N9O2. The predicted molar refractivity (Wildman–Crippen MR) is 135 cm³/mol. The predicted octanol–water partition coefficient (Wildman–Crippen LogP) is 3.18. The molecule has 11 nitrogen and oxygen atoms in total. The van der Waals surface area contributed by atoms with Gasteiger partial charge in [-0.1, -0.05) is 0 Å². The highest BCUT2D eigenvalue weighted by Crippen LogP contribution is 2.30. The van der Waals surface area contributed by atoms with Crippen LogP contribution in [0.2, 0.25) is 0 Å². The van der Waals surface area contributed by atoms with E-state index in [1.807, 2.05) is 0 Å². The molecule has 5 rings (SSSR count). The number of hydrazine groups is 1. The molecule has 2 amide bonds. The summed E-state index contributed by atoms with van der Waals surface area (Å²) in [5.74, 6) is -0.853. The average molecular weight is 538 g/mol. The number of fused-ring (bicyclic) bond motifs is 3. The molecule has 0 aliphatic carbocycles. The van der Waals surface area contributed by atoms with Crippen LogP contribution in [-0.2, 0) is 26.8 Å². The molecule has 0 saturated carbocycles. The highest BCUT2D eigenvalue weighted by molar-refractivity contribution is 6.10. The number of nitrogens with two attached hydrogens (primary N) is 1. The Morgan fingerprint density at radius 1 is 1.03 bits per heavy atom. The van der Waals surface area contributed by atoms with Crippen molar-refractivity contribution >= 4 is 39.4 Å². The van der Waals surface area contributed by atoms with Crippen molar-refractivity contribution in [2.24, 2.45) is 14.1 Å². The van der Waals surface area contributed by atoms with Gasteiger partial charge in [-0.3, -0.25) is 19.3 Å². The number of imidazole rings is 1. The molecule has 14 heteroatoms. The van der Waals surface area contributed by atoms with Crippen LogP contribution in [0.1, 0.15) is 32.2 Å². The summed E-state index contributed by atoms with van der Waals surface area (Å²) >= 11 is 0. The van der Waals surface area contributed by atoms with Gasteiger partial charge in [-0.25, -0.2) is 20.0 Å².